The Morgan fingerprint density at radius 3 is 2.64 bits per heavy atom. The van der Waals surface area contributed by atoms with Gasteiger partial charge in [0.2, 0.25) is 0 Å². The van der Waals surface area contributed by atoms with E-state index in [0.717, 1.165) is 18.9 Å². The van der Waals surface area contributed by atoms with Gasteiger partial charge < -0.3 is 11.1 Å². The average molecular weight is 198 g/mol. The van der Waals surface area contributed by atoms with Crippen molar-refractivity contribution >= 4 is 0 Å². The molecule has 0 bridgehead atoms. The van der Waals surface area contributed by atoms with Crippen LogP contribution in [0.15, 0.2) is 0 Å². The van der Waals surface area contributed by atoms with E-state index in [1.807, 2.05) is 0 Å². The summed E-state index contributed by atoms with van der Waals surface area (Å²) in [6.45, 7) is 4.22. The highest BCUT2D eigenvalue weighted by Crippen LogP contribution is 2.25. The fourth-order valence-electron chi connectivity index (χ4n) is 2.36. The Kier molecular flexibility index (Phi) is 6.20. The predicted molar refractivity (Wildman–Crippen MR) is 62.3 cm³/mol. The van der Waals surface area contributed by atoms with Crippen molar-refractivity contribution in [3.05, 3.63) is 0 Å². The average Bonchev–Trinajstić information content (AvgIpc) is 2.20. The monoisotopic (exact) mass is 198 g/mol. The Labute approximate surface area is 88.6 Å². The van der Waals surface area contributed by atoms with Crippen LogP contribution in [0.4, 0.5) is 0 Å². The van der Waals surface area contributed by atoms with E-state index in [2.05, 4.69) is 12.2 Å². The molecule has 14 heavy (non-hydrogen) atoms. The number of hydrogen-bond donors (Lipinski definition) is 2. The fraction of sp³-hybridized carbons (Fsp3) is 1.00. The molecule has 0 aromatic rings. The molecule has 2 nitrogen and oxygen atoms in total. The van der Waals surface area contributed by atoms with Crippen LogP contribution in [0.1, 0.15) is 51.9 Å². The van der Waals surface area contributed by atoms with Gasteiger partial charge in [0.05, 0.1) is 0 Å². The highest BCUT2D eigenvalue weighted by Gasteiger charge is 2.12. The minimum absolute atomic E-state index is 0.601. The molecule has 3 N–H and O–H groups in total. The van der Waals surface area contributed by atoms with Crippen molar-refractivity contribution in [1.29, 1.82) is 0 Å². The number of hydrogen-bond acceptors (Lipinski definition) is 2. The first-order chi connectivity index (χ1) is 6.83. The largest absolute Gasteiger partial charge is 0.330 e. The van der Waals surface area contributed by atoms with E-state index in [1.165, 1.54) is 45.1 Å². The second kappa shape index (κ2) is 7.24. The Bertz CT molecular complexity index is 130. The minimum Gasteiger partial charge on any atom is -0.330 e. The summed E-state index contributed by atoms with van der Waals surface area (Å²) in [5.41, 5.74) is 5.50. The van der Waals surface area contributed by atoms with Crippen molar-refractivity contribution in [2.45, 2.75) is 57.9 Å². The van der Waals surface area contributed by atoms with Crippen LogP contribution < -0.4 is 11.1 Å². The van der Waals surface area contributed by atoms with Crippen LogP contribution in [0.2, 0.25) is 0 Å². The Morgan fingerprint density at radius 2 is 2.00 bits per heavy atom. The van der Waals surface area contributed by atoms with Gasteiger partial charge in [0, 0.05) is 6.04 Å². The maximum Gasteiger partial charge on any atom is 0.00507 e. The lowest BCUT2D eigenvalue weighted by Crippen LogP contribution is -2.30. The standard InChI is InChI=1S/C12H26N2/c1-11(7-9-13)14-10-8-12-5-3-2-4-6-12/h11-12,14H,2-10,13H2,1H3. The molecule has 1 fully saturated rings. The van der Waals surface area contributed by atoms with Gasteiger partial charge in [-0.1, -0.05) is 32.1 Å². The second-order valence-electron chi connectivity index (χ2n) is 4.73. The van der Waals surface area contributed by atoms with Gasteiger partial charge in [-0.2, -0.15) is 0 Å². The summed E-state index contributed by atoms with van der Waals surface area (Å²) in [5, 5.41) is 3.55. The van der Waals surface area contributed by atoms with Gasteiger partial charge in [-0.3, -0.25) is 0 Å². The second-order valence-corrected chi connectivity index (χ2v) is 4.73. The number of rotatable bonds is 6. The summed E-state index contributed by atoms with van der Waals surface area (Å²) < 4.78 is 0. The van der Waals surface area contributed by atoms with E-state index >= 15 is 0 Å². The zero-order valence-corrected chi connectivity index (χ0v) is 9.60. The molecule has 1 rings (SSSR count). The van der Waals surface area contributed by atoms with E-state index in [-0.39, 0.29) is 0 Å². The van der Waals surface area contributed by atoms with Crippen molar-refractivity contribution in [3.8, 4) is 0 Å². The minimum atomic E-state index is 0.601. The molecule has 2 heteroatoms. The van der Waals surface area contributed by atoms with E-state index in [1.54, 1.807) is 0 Å². The van der Waals surface area contributed by atoms with Crippen LogP contribution in [-0.2, 0) is 0 Å². The molecule has 1 atom stereocenters. The van der Waals surface area contributed by atoms with Crippen molar-refractivity contribution in [2.75, 3.05) is 13.1 Å². The van der Waals surface area contributed by atoms with Crippen molar-refractivity contribution in [3.63, 3.8) is 0 Å². The molecule has 0 aromatic carbocycles. The fourth-order valence-corrected chi connectivity index (χ4v) is 2.36. The third-order valence-corrected chi connectivity index (χ3v) is 3.37. The van der Waals surface area contributed by atoms with Crippen molar-refractivity contribution < 1.29 is 0 Å². The molecular weight excluding hydrogens is 172 g/mol. The topological polar surface area (TPSA) is 38.0 Å². The van der Waals surface area contributed by atoms with E-state index < -0.39 is 0 Å². The van der Waals surface area contributed by atoms with Crippen LogP contribution in [0.5, 0.6) is 0 Å². The highest BCUT2D eigenvalue weighted by atomic mass is 14.9. The molecule has 1 aliphatic carbocycles. The molecule has 84 valence electrons. The Morgan fingerprint density at radius 1 is 1.29 bits per heavy atom. The van der Waals surface area contributed by atoms with Gasteiger partial charge in [-0.05, 0) is 38.8 Å². The predicted octanol–water partition coefficient (Wildman–Crippen LogP) is 2.28. The molecule has 1 unspecified atom stereocenters. The van der Waals surface area contributed by atoms with Crippen LogP contribution in [0.25, 0.3) is 0 Å². The molecule has 1 saturated carbocycles. The zero-order chi connectivity index (χ0) is 10.2. The van der Waals surface area contributed by atoms with E-state index in [4.69, 9.17) is 5.73 Å². The molecule has 0 amide bonds. The first-order valence-corrected chi connectivity index (χ1v) is 6.26. The van der Waals surface area contributed by atoms with Crippen LogP contribution >= 0.6 is 0 Å². The normalized spacial score (nSPS) is 21.0. The molecule has 0 aromatic heterocycles. The molecular formula is C12H26N2. The summed E-state index contributed by atoms with van der Waals surface area (Å²) in [7, 11) is 0. The summed E-state index contributed by atoms with van der Waals surface area (Å²) in [5.74, 6) is 1.00. The molecule has 0 saturated heterocycles. The molecule has 0 heterocycles. The molecule has 0 radical (unpaired) electrons. The maximum absolute atomic E-state index is 5.50. The van der Waals surface area contributed by atoms with E-state index in [0.29, 0.717) is 6.04 Å². The van der Waals surface area contributed by atoms with Crippen molar-refractivity contribution in [1.82, 2.24) is 5.32 Å². The first kappa shape index (κ1) is 12.0. The smallest absolute Gasteiger partial charge is 0.00507 e. The number of nitrogens with one attached hydrogen (secondary N) is 1. The molecule has 0 spiro atoms. The van der Waals surface area contributed by atoms with Gasteiger partial charge >= 0.3 is 0 Å². The van der Waals surface area contributed by atoms with Crippen LogP contribution in [0, 0.1) is 5.92 Å². The Hall–Kier alpha value is -0.0800. The van der Waals surface area contributed by atoms with Crippen LogP contribution in [-0.4, -0.2) is 19.1 Å². The highest BCUT2D eigenvalue weighted by molar-refractivity contribution is 4.68. The lowest BCUT2D eigenvalue weighted by Gasteiger charge is -2.22. The summed E-state index contributed by atoms with van der Waals surface area (Å²) in [4.78, 5) is 0. The van der Waals surface area contributed by atoms with Crippen LogP contribution in [0.3, 0.4) is 0 Å². The lowest BCUT2D eigenvalue weighted by molar-refractivity contribution is 0.328. The maximum atomic E-state index is 5.50. The van der Waals surface area contributed by atoms with Gasteiger partial charge in [-0.15, -0.1) is 0 Å². The quantitative estimate of drug-likeness (QED) is 0.687. The summed E-state index contributed by atoms with van der Waals surface area (Å²) in [6.07, 6.45) is 9.79. The third kappa shape index (κ3) is 4.97. The summed E-state index contributed by atoms with van der Waals surface area (Å²) >= 11 is 0. The van der Waals surface area contributed by atoms with E-state index in [9.17, 15) is 0 Å². The number of nitrogens with two attached hydrogens (primary N) is 1. The van der Waals surface area contributed by atoms with Gasteiger partial charge in [0.1, 0.15) is 0 Å². The van der Waals surface area contributed by atoms with Crippen molar-refractivity contribution in [2.24, 2.45) is 11.7 Å². The molecule has 0 aliphatic heterocycles. The zero-order valence-electron chi connectivity index (χ0n) is 9.60. The lowest BCUT2D eigenvalue weighted by atomic mass is 9.87. The van der Waals surface area contributed by atoms with Gasteiger partial charge in [0.15, 0.2) is 0 Å². The van der Waals surface area contributed by atoms with Gasteiger partial charge in [0.25, 0.3) is 0 Å². The van der Waals surface area contributed by atoms with Gasteiger partial charge in [-0.25, -0.2) is 0 Å². The first-order valence-electron chi connectivity index (χ1n) is 6.26. The SMILES string of the molecule is CC(CCN)NCCC1CCCCC1. The molecule has 1 aliphatic rings. The third-order valence-electron chi connectivity index (χ3n) is 3.37. The Balaban J connectivity index is 1.96. The summed E-state index contributed by atoms with van der Waals surface area (Å²) in [6, 6.07) is 0.601.